The van der Waals surface area contributed by atoms with E-state index in [9.17, 15) is 0 Å². The summed E-state index contributed by atoms with van der Waals surface area (Å²) in [4.78, 5) is 4.32. The van der Waals surface area contributed by atoms with Crippen molar-refractivity contribution < 1.29 is 0 Å². The Morgan fingerprint density at radius 2 is 1.76 bits per heavy atom. The second-order valence-electron chi connectivity index (χ2n) is 3.36. The number of benzene rings is 1. The van der Waals surface area contributed by atoms with Crippen LogP contribution < -0.4 is 5.32 Å². The van der Waals surface area contributed by atoms with Crippen LogP contribution in [-0.2, 0) is 0 Å². The Labute approximate surface area is 106 Å². The van der Waals surface area contributed by atoms with Gasteiger partial charge in [-0.3, -0.25) is 4.99 Å². The summed E-state index contributed by atoms with van der Waals surface area (Å²) >= 11 is 0. The minimum Gasteiger partial charge on any atom is -0.383 e. The predicted octanol–water partition coefficient (Wildman–Crippen LogP) is 4.34. The van der Waals surface area contributed by atoms with E-state index in [-0.39, 0.29) is 0 Å². The maximum Gasteiger partial charge on any atom is 0.0558 e. The van der Waals surface area contributed by atoms with Gasteiger partial charge in [-0.25, -0.2) is 0 Å². The van der Waals surface area contributed by atoms with E-state index in [1.807, 2.05) is 33.9 Å². The molecule has 1 aliphatic rings. The van der Waals surface area contributed by atoms with Crippen LogP contribution in [0.5, 0.6) is 0 Å². The number of fused-ring (bicyclic) bond motifs is 1. The molecule has 0 fully saturated rings. The third kappa shape index (κ3) is 5.03. The van der Waals surface area contributed by atoms with Gasteiger partial charge in [-0.1, -0.05) is 52.8 Å². The van der Waals surface area contributed by atoms with Crippen molar-refractivity contribution in [3.63, 3.8) is 0 Å². The smallest absolute Gasteiger partial charge is 0.0558 e. The summed E-state index contributed by atoms with van der Waals surface area (Å²) < 4.78 is 0. The van der Waals surface area contributed by atoms with Gasteiger partial charge in [0.2, 0.25) is 0 Å². The van der Waals surface area contributed by atoms with Crippen molar-refractivity contribution in [1.29, 1.82) is 0 Å². The summed E-state index contributed by atoms with van der Waals surface area (Å²) in [6.45, 7) is 12.0. The fourth-order valence-electron chi connectivity index (χ4n) is 1.62. The van der Waals surface area contributed by atoms with Crippen LogP contribution in [0, 0.1) is 0 Å². The zero-order valence-electron chi connectivity index (χ0n) is 11.8. The molecule has 0 radical (unpaired) electrons. The molecule has 2 rings (SSSR count). The number of hydrogen-bond donors (Lipinski definition) is 1. The summed E-state index contributed by atoms with van der Waals surface area (Å²) in [6.07, 6.45) is 2.04. The van der Waals surface area contributed by atoms with Gasteiger partial charge in [-0.05, 0) is 11.6 Å². The van der Waals surface area contributed by atoms with Crippen LogP contribution in [0.2, 0.25) is 0 Å². The minimum atomic E-state index is 0.420. The highest BCUT2D eigenvalue weighted by atomic mass is 14.9. The number of hydrogen-bond acceptors (Lipinski definition) is 2. The highest BCUT2D eigenvalue weighted by molar-refractivity contribution is 5.72. The molecule has 1 unspecified atom stereocenters. The first kappa shape index (κ1) is 15.7. The molecule has 0 saturated carbocycles. The van der Waals surface area contributed by atoms with Crippen LogP contribution in [0.1, 0.15) is 46.1 Å². The van der Waals surface area contributed by atoms with E-state index >= 15 is 0 Å². The van der Waals surface area contributed by atoms with E-state index in [0.29, 0.717) is 5.92 Å². The molecule has 1 atom stereocenters. The lowest BCUT2D eigenvalue weighted by molar-refractivity contribution is 0.954. The molecule has 0 saturated heterocycles. The lowest BCUT2D eigenvalue weighted by atomic mass is 10.00. The average molecular weight is 234 g/mol. The molecule has 0 amide bonds. The first-order chi connectivity index (χ1) is 8.38. The number of aliphatic imine (C=N–C) groups is 1. The van der Waals surface area contributed by atoms with Gasteiger partial charge in [0.15, 0.2) is 0 Å². The lowest BCUT2D eigenvalue weighted by Crippen LogP contribution is -2.12. The third-order valence-corrected chi connectivity index (χ3v) is 2.34. The molecule has 0 spiro atoms. The van der Waals surface area contributed by atoms with Crippen LogP contribution in [-0.4, -0.2) is 19.3 Å². The predicted molar refractivity (Wildman–Crippen MR) is 79.4 cm³/mol. The Morgan fingerprint density at radius 3 is 2.47 bits per heavy atom. The van der Waals surface area contributed by atoms with Gasteiger partial charge in [0.05, 0.1) is 6.54 Å². The molecular formula is C15H26N2. The second kappa shape index (κ2) is 9.88. The molecule has 2 nitrogen and oxygen atoms in total. The van der Waals surface area contributed by atoms with Gasteiger partial charge in [0.1, 0.15) is 0 Å². The summed E-state index contributed by atoms with van der Waals surface area (Å²) in [5.74, 6) is 0.420. The normalized spacial score (nSPS) is 16.9. The first-order valence-electron chi connectivity index (χ1n) is 6.70. The molecular weight excluding hydrogens is 208 g/mol. The van der Waals surface area contributed by atoms with Crippen molar-refractivity contribution in [3.8, 4) is 0 Å². The fraction of sp³-hybridized carbons (Fsp3) is 0.533. The van der Waals surface area contributed by atoms with Crippen molar-refractivity contribution in [3.05, 3.63) is 29.8 Å². The largest absolute Gasteiger partial charge is 0.383 e. The highest BCUT2D eigenvalue weighted by Crippen LogP contribution is 2.23. The van der Waals surface area contributed by atoms with E-state index < -0.39 is 0 Å². The van der Waals surface area contributed by atoms with E-state index in [1.165, 1.54) is 11.3 Å². The van der Waals surface area contributed by atoms with Crippen LogP contribution in [0.25, 0.3) is 0 Å². The average Bonchev–Trinajstić information content (AvgIpc) is 2.41. The van der Waals surface area contributed by atoms with Crippen LogP contribution in [0.4, 0.5) is 5.69 Å². The lowest BCUT2D eigenvalue weighted by Gasteiger charge is -2.16. The molecule has 1 N–H and O–H groups in total. The molecule has 0 aliphatic carbocycles. The van der Waals surface area contributed by atoms with Crippen molar-refractivity contribution in [2.75, 3.05) is 18.4 Å². The quantitative estimate of drug-likeness (QED) is 0.709. The number of nitrogens with zero attached hydrogens (tertiary/aromatic N) is 1. The number of nitrogens with one attached hydrogen (secondary N) is 1. The molecule has 1 aromatic carbocycles. The van der Waals surface area contributed by atoms with Gasteiger partial charge in [-0.2, -0.15) is 0 Å². The summed E-state index contributed by atoms with van der Waals surface area (Å²) in [7, 11) is 0. The van der Waals surface area contributed by atoms with Crippen LogP contribution in [0.3, 0.4) is 0 Å². The maximum atomic E-state index is 4.32. The Balaban J connectivity index is 0.000000581. The van der Waals surface area contributed by atoms with Crippen molar-refractivity contribution >= 4 is 11.9 Å². The fourth-order valence-corrected chi connectivity index (χ4v) is 1.62. The molecule has 0 aromatic heterocycles. The number of rotatable bonds is 0. The van der Waals surface area contributed by atoms with Gasteiger partial charge < -0.3 is 5.32 Å². The van der Waals surface area contributed by atoms with Gasteiger partial charge in [0, 0.05) is 24.4 Å². The monoisotopic (exact) mass is 234 g/mol. The van der Waals surface area contributed by atoms with Crippen molar-refractivity contribution in [2.24, 2.45) is 4.99 Å². The zero-order chi connectivity index (χ0) is 13.1. The van der Waals surface area contributed by atoms with E-state index in [2.05, 4.69) is 41.5 Å². The van der Waals surface area contributed by atoms with Crippen molar-refractivity contribution in [1.82, 2.24) is 0 Å². The summed E-state index contributed by atoms with van der Waals surface area (Å²) in [6, 6.07) is 8.43. The summed E-state index contributed by atoms with van der Waals surface area (Å²) in [5.41, 5.74) is 2.59. The van der Waals surface area contributed by atoms with Crippen LogP contribution in [0.15, 0.2) is 29.3 Å². The van der Waals surface area contributed by atoms with E-state index in [4.69, 9.17) is 0 Å². The molecule has 1 heterocycles. The maximum absolute atomic E-state index is 4.32. The SMILES string of the molecule is CC.CC.CC1C=NCCNc2ccccc21. The minimum absolute atomic E-state index is 0.420. The molecule has 2 heteroatoms. The highest BCUT2D eigenvalue weighted by Gasteiger charge is 2.08. The molecule has 17 heavy (non-hydrogen) atoms. The van der Waals surface area contributed by atoms with E-state index in [0.717, 1.165) is 13.1 Å². The Morgan fingerprint density at radius 1 is 1.12 bits per heavy atom. The number of anilines is 1. The first-order valence-corrected chi connectivity index (χ1v) is 6.70. The standard InChI is InChI=1S/C11H14N2.2C2H6/c1-9-8-12-6-7-13-11-5-3-2-4-10(9)11;2*1-2/h2-5,8-9,13H,6-7H2,1H3;2*1-2H3. The molecule has 1 aliphatic heterocycles. The Bertz CT molecular complexity index is 318. The molecule has 1 aromatic rings. The van der Waals surface area contributed by atoms with E-state index in [1.54, 1.807) is 0 Å². The Hall–Kier alpha value is -1.31. The summed E-state index contributed by atoms with van der Waals surface area (Å²) in [5, 5.41) is 3.38. The number of para-hydroxylation sites is 1. The second-order valence-corrected chi connectivity index (χ2v) is 3.36. The van der Waals surface area contributed by atoms with Crippen LogP contribution >= 0.6 is 0 Å². The van der Waals surface area contributed by atoms with Gasteiger partial charge in [-0.15, -0.1) is 0 Å². The third-order valence-electron chi connectivity index (χ3n) is 2.34. The van der Waals surface area contributed by atoms with Gasteiger partial charge >= 0.3 is 0 Å². The van der Waals surface area contributed by atoms with Crippen molar-refractivity contribution in [2.45, 2.75) is 40.5 Å². The molecule has 0 bridgehead atoms. The zero-order valence-corrected chi connectivity index (χ0v) is 11.8. The van der Waals surface area contributed by atoms with Gasteiger partial charge in [0.25, 0.3) is 0 Å². The Kier molecular flexibility index (Phi) is 9.12. The topological polar surface area (TPSA) is 24.4 Å². The molecule has 96 valence electrons.